The van der Waals surface area contributed by atoms with Crippen molar-refractivity contribution in [2.24, 2.45) is 0 Å². The highest BCUT2D eigenvalue weighted by Gasteiger charge is 2.20. The molecule has 0 fully saturated rings. The van der Waals surface area contributed by atoms with Crippen LogP contribution in [0.3, 0.4) is 0 Å². The number of carboxylic acids is 1. The molecule has 0 atom stereocenters. The van der Waals surface area contributed by atoms with E-state index in [4.69, 9.17) is 5.11 Å². The van der Waals surface area contributed by atoms with Gasteiger partial charge in [0.15, 0.2) is 5.82 Å². The van der Waals surface area contributed by atoms with Crippen LogP contribution >= 0.6 is 0 Å². The lowest BCUT2D eigenvalue weighted by Gasteiger charge is -1.97. The molecule has 0 aliphatic heterocycles. The first-order valence-electron chi connectivity index (χ1n) is 3.99. The van der Waals surface area contributed by atoms with Crippen molar-refractivity contribution in [3.05, 3.63) is 35.9 Å². The minimum Gasteiger partial charge on any atom is -0.477 e. The smallest absolute Gasteiger partial charge is 0.341 e. The molecule has 0 amide bonds. The highest BCUT2D eigenvalue weighted by atomic mass is 19.1. The number of rotatable bonds is 2. The number of carboxylic acid groups (broad SMARTS) is 1. The minimum atomic E-state index is -1.24. The SMILES string of the molecule is O=C(O)c1cnoc1-c1ncccc1F. The van der Waals surface area contributed by atoms with Crippen molar-refractivity contribution in [1.29, 1.82) is 0 Å². The van der Waals surface area contributed by atoms with E-state index in [9.17, 15) is 9.18 Å². The molecular formula is C9H5FN2O3. The second-order valence-electron chi connectivity index (χ2n) is 2.71. The number of hydrogen-bond donors (Lipinski definition) is 1. The normalized spacial score (nSPS) is 10.2. The van der Waals surface area contributed by atoms with E-state index in [0.717, 1.165) is 12.3 Å². The minimum absolute atomic E-state index is 0.160. The van der Waals surface area contributed by atoms with E-state index in [-0.39, 0.29) is 17.0 Å². The Morgan fingerprint density at radius 1 is 1.53 bits per heavy atom. The van der Waals surface area contributed by atoms with Crippen molar-refractivity contribution in [1.82, 2.24) is 10.1 Å². The van der Waals surface area contributed by atoms with Gasteiger partial charge in [-0.25, -0.2) is 14.2 Å². The first-order valence-corrected chi connectivity index (χ1v) is 3.99. The molecule has 2 aromatic rings. The van der Waals surface area contributed by atoms with Crippen LogP contribution in [0.25, 0.3) is 11.5 Å². The predicted molar refractivity (Wildman–Crippen MR) is 46.7 cm³/mol. The third-order valence-electron chi connectivity index (χ3n) is 1.77. The summed E-state index contributed by atoms with van der Waals surface area (Å²) in [6.07, 6.45) is 2.35. The number of halogens is 1. The van der Waals surface area contributed by atoms with E-state index in [1.165, 1.54) is 12.3 Å². The highest BCUT2D eigenvalue weighted by Crippen LogP contribution is 2.23. The summed E-state index contributed by atoms with van der Waals surface area (Å²) in [4.78, 5) is 14.4. The molecule has 0 radical (unpaired) electrons. The van der Waals surface area contributed by atoms with Crippen LogP contribution in [-0.4, -0.2) is 21.2 Å². The molecule has 0 spiro atoms. The quantitative estimate of drug-likeness (QED) is 0.810. The van der Waals surface area contributed by atoms with E-state index < -0.39 is 11.8 Å². The van der Waals surface area contributed by atoms with Gasteiger partial charge in [-0.3, -0.25) is 0 Å². The van der Waals surface area contributed by atoms with Crippen LogP contribution in [-0.2, 0) is 0 Å². The van der Waals surface area contributed by atoms with Crippen LogP contribution in [0.1, 0.15) is 10.4 Å². The van der Waals surface area contributed by atoms with E-state index in [1.54, 1.807) is 0 Å². The van der Waals surface area contributed by atoms with E-state index in [2.05, 4.69) is 14.7 Å². The second-order valence-corrected chi connectivity index (χ2v) is 2.71. The third-order valence-corrected chi connectivity index (χ3v) is 1.77. The lowest BCUT2D eigenvalue weighted by atomic mass is 10.2. The van der Waals surface area contributed by atoms with Gasteiger partial charge in [-0.05, 0) is 12.1 Å². The van der Waals surface area contributed by atoms with Crippen LogP contribution in [0, 0.1) is 5.82 Å². The summed E-state index contributed by atoms with van der Waals surface area (Å²) >= 11 is 0. The second kappa shape index (κ2) is 3.49. The maximum Gasteiger partial charge on any atom is 0.341 e. The van der Waals surface area contributed by atoms with Crippen molar-refractivity contribution < 1.29 is 18.8 Å². The first kappa shape index (κ1) is 9.32. The average Bonchev–Trinajstić information content (AvgIpc) is 2.67. The van der Waals surface area contributed by atoms with Gasteiger partial charge in [0.25, 0.3) is 0 Å². The lowest BCUT2D eigenvalue weighted by Crippen LogP contribution is -1.98. The summed E-state index contributed by atoms with van der Waals surface area (Å²) in [5, 5.41) is 12.1. The van der Waals surface area contributed by atoms with Crippen LogP contribution in [0.5, 0.6) is 0 Å². The molecule has 0 aliphatic rings. The highest BCUT2D eigenvalue weighted by molar-refractivity contribution is 5.93. The summed E-state index contributed by atoms with van der Waals surface area (Å²) in [6.45, 7) is 0. The number of aromatic nitrogens is 2. The van der Waals surface area contributed by atoms with Gasteiger partial charge in [0.2, 0.25) is 5.76 Å². The van der Waals surface area contributed by atoms with Crippen LogP contribution in [0.2, 0.25) is 0 Å². The van der Waals surface area contributed by atoms with Gasteiger partial charge in [-0.1, -0.05) is 5.16 Å². The Morgan fingerprint density at radius 3 is 3.00 bits per heavy atom. The van der Waals surface area contributed by atoms with Crippen molar-refractivity contribution in [3.8, 4) is 11.5 Å². The fourth-order valence-corrected chi connectivity index (χ4v) is 1.12. The molecule has 2 aromatic heterocycles. The van der Waals surface area contributed by atoms with Gasteiger partial charge in [-0.2, -0.15) is 0 Å². The Labute approximate surface area is 83.2 Å². The zero-order valence-electron chi connectivity index (χ0n) is 7.35. The summed E-state index contributed by atoms with van der Waals surface area (Å²) in [6, 6.07) is 2.56. The molecule has 5 nitrogen and oxygen atoms in total. The molecule has 0 unspecified atom stereocenters. The molecular weight excluding hydrogens is 203 g/mol. The summed E-state index contributed by atoms with van der Waals surface area (Å²) in [5.41, 5.74) is -0.375. The summed E-state index contributed by atoms with van der Waals surface area (Å²) in [5.74, 6) is -2.08. The Balaban J connectivity index is 2.59. The third kappa shape index (κ3) is 1.56. The van der Waals surface area contributed by atoms with Crippen molar-refractivity contribution in [2.45, 2.75) is 0 Å². The fourth-order valence-electron chi connectivity index (χ4n) is 1.12. The standard InChI is InChI=1S/C9H5FN2O3/c10-6-2-1-3-11-7(6)8-5(9(13)14)4-12-15-8/h1-4H,(H,13,14). The molecule has 76 valence electrons. The average molecular weight is 208 g/mol. The van der Waals surface area contributed by atoms with Gasteiger partial charge in [-0.15, -0.1) is 0 Å². The van der Waals surface area contributed by atoms with Crippen molar-refractivity contribution >= 4 is 5.97 Å². The molecule has 2 rings (SSSR count). The van der Waals surface area contributed by atoms with Crippen LogP contribution in [0.15, 0.2) is 29.0 Å². The molecule has 1 N–H and O–H groups in total. The summed E-state index contributed by atoms with van der Waals surface area (Å²) in [7, 11) is 0. The largest absolute Gasteiger partial charge is 0.477 e. The Hall–Kier alpha value is -2.24. The van der Waals surface area contributed by atoms with E-state index >= 15 is 0 Å². The number of aromatic carboxylic acids is 1. The van der Waals surface area contributed by atoms with Crippen LogP contribution in [0.4, 0.5) is 4.39 Å². The maximum atomic E-state index is 13.3. The zero-order valence-corrected chi connectivity index (χ0v) is 7.35. The number of hydrogen-bond acceptors (Lipinski definition) is 4. The Morgan fingerprint density at radius 2 is 2.33 bits per heavy atom. The number of pyridine rings is 1. The van der Waals surface area contributed by atoms with Gasteiger partial charge in [0.05, 0.1) is 6.20 Å². The van der Waals surface area contributed by atoms with Crippen LogP contribution < -0.4 is 0 Å². The Kier molecular flexibility index (Phi) is 2.17. The number of carbonyl (C=O) groups is 1. The zero-order chi connectivity index (χ0) is 10.8. The molecule has 0 saturated heterocycles. The molecule has 0 aromatic carbocycles. The van der Waals surface area contributed by atoms with Gasteiger partial charge in [0.1, 0.15) is 11.3 Å². The molecule has 6 heteroatoms. The first-order chi connectivity index (χ1) is 7.20. The molecule has 0 aliphatic carbocycles. The summed E-state index contributed by atoms with van der Waals surface area (Å²) < 4.78 is 17.9. The molecule has 15 heavy (non-hydrogen) atoms. The Bertz CT molecular complexity index is 510. The number of nitrogens with zero attached hydrogens (tertiary/aromatic N) is 2. The molecule has 2 heterocycles. The van der Waals surface area contributed by atoms with Crippen molar-refractivity contribution in [2.75, 3.05) is 0 Å². The maximum absolute atomic E-state index is 13.3. The predicted octanol–water partition coefficient (Wildman–Crippen LogP) is 1.57. The van der Waals surface area contributed by atoms with Gasteiger partial charge >= 0.3 is 5.97 Å². The van der Waals surface area contributed by atoms with Gasteiger partial charge in [0, 0.05) is 6.20 Å². The lowest BCUT2D eigenvalue weighted by molar-refractivity contribution is 0.0697. The molecule has 0 saturated carbocycles. The van der Waals surface area contributed by atoms with E-state index in [0.29, 0.717) is 0 Å². The molecule has 0 bridgehead atoms. The monoisotopic (exact) mass is 208 g/mol. The van der Waals surface area contributed by atoms with E-state index in [1.807, 2.05) is 0 Å². The van der Waals surface area contributed by atoms with Gasteiger partial charge < -0.3 is 9.63 Å². The fraction of sp³-hybridized carbons (Fsp3) is 0. The van der Waals surface area contributed by atoms with Crippen molar-refractivity contribution in [3.63, 3.8) is 0 Å². The topological polar surface area (TPSA) is 76.2 Å².